The van der Waals surface area contributed by atoms with E-state index in [0.717, 1.165) is 29.4 Å². The normalized spacial score (nSPS) is 24.2. The summed E-state index contributed by atoms with van der Waals surface area (Å²) in [5.74, 6) is 0. The van der Waals surface area contributed by atoms with E-state index in [4.69, 9.17) is 11.6 Å². The number of halogens is 2. The summed E-state index contributed by atoms with van der Waals surface area (Å²) in [7, 11) is -2.95. The van der Waals surface area contributed by atoms with Gasteiger partial charge in [-0.15, -0.1) is 0 Å². The number of rotatable bonds is 3. The number of anilines is 1. The first-order valence-corrected chi connectivity index (χ1v) is 9.40. The molecule has 0 amide bonds. The van der Waals surface area contributed by atoms with Crippen LogP contribution in [-0.2, 0) is 9.84 Å². The van der Waals surface area contributed by atoms with Crippen LogP contribution in [0.15, 0.2) is 22.7 Å². The van der Waals surface area contributed by atoms with Gasteiger partial charge in [-0.05, 0) is 47.3 Å². The second kappa shape index (κ2) is 6.02. The minimum Gasteiger partial charge on any atom is -0.381 e. The highest BCUT2D eigenvalue weighted by Gasteiger charge is 2.29. The van der Waals surface area contributed by atoms with E-state index in [1.54, 1.807) is 0 Å². The van der Waals surface area contributed by atoms with Crippen molar-refractivity contribution in [1.82, 2.24) is 0 Å². The second-order valence-corrected chi connectivity index (χ2v) is 8.59. The molecule has 1 aromatic carbocycles. The van der Waals surface area contributed by atoms with Gasteiger partial charge in [-0.2, -0.15) is 0 Å². The van der Waals surface area contributed by atoms with Crippen LogP contribution >= 0.6 is 27.5 Å². The Balaban J connectivity index is 2.09. The molecule has 1 aliphatic rings. The Labute approximate surface area is 127 Å². The number of hydrogen-bond donors (Lipinski definition) is 1. The summed E-state index contributed by atoms with van der Waals surface area (Å²) in [6.45, 7) is 0. The van der Waals surface area contributed by atoms with Gasteiger partial charge >= 0.3 is 0 Å². The highest BCUT2D eigenvalue weighted by Crippen LogP contribution is 2.33. The number of hydrogen-bond acceptors (Lipinski definition) is 3. The van der Waals surface area contributed by atoms with Crippen LogP contribution in [0.4, 0.5) is 5.69 Å². The highest BCUT2D eigenvalue weighted by atomic mass is 79.9. The van der Waals surface area contributed by atoms with Crippen LogP contribution in [0.5, 0.6) is 0 Å². The standard InChI is InChI=1S/C13H17BrClNO2S/c1-19(17,18)10-5-2-4-9(8-10)16-12-7-3-6-11(15)13(12)14/h3,6-7,9-10,16H,2,4-5,8H2,1H3. The summed E-state index contributed by atoms with van der Waals surface area (Å²) in [5, 5.41) is 3.82. The second-order valence-electron chi connectivity index (χ2n) is 5.06. The number of benzene rings is 1. The third-order valence-electron chi connectivity index (χ3n) is 3.54. The van der Waals surface area contributed by atoms with Gasteiger partial charge in [0.05, 0.1) is 20.4 Å². The minimum absolute atomic E-state index is 0.184. The lowest BCUT2D eigenvalue weighted by Gasteiger charge is -2.29. The predicted octanol–water partition coefficient (Wildman–Crippen LogP) is 3.87. The predicted molar refractivity (Wildman–Crippen MR) is 83.7 cm³/mol. The molecule has 1 saturated carbocycles. The van der Waals surface area contributed by atoms with Crippen LogP contribution < -0.4 is 5.32 Å². The molecule has 0 aliphatic heterocycles. The fraction of sp³-hybridized carbons (Fsp3) is 0.538. The molecule has 1 fully saturated rings. The molecule has 0 saturated heterocycles. The molecule has 0 heterocycles. The summed E-state index contributed by atoms with van der Waals surface area (Å²) in [6, 6.07) is 5.83. The monoisotopic (exact) mass is 365 g/mol. The molecule has 2 rings (SSSR count). The van der Waals surface area contributed by atoms with E-state index in [0.29, 0.717) is 11.4 Å². The molecule has 2 atom stereocenters. The SMILES string of the molecule is CS(=O)(=O)C1CCCC(Nc2cccc(Cl)c2Br)C1. The van der Waals surface area contributed by atoms with Crippen molar-refractivity contribution in [3.05, 3.63) is 27.7 Å². The van der Waals surface area contributed by atoms with Gasteiger partial charge < -0.3 is 5.32 Å². The Morgan fingerprint density at radius 2 is 2.11 bits per heavy atom. The molecule has 3 nitrogen and oxygen atoms in total. The fourth-order valence-corrected chi connectivity index (χ4v) is 4.23. The maximum absolute atomic E-state index is 11.6. The molecule has 2 unspecified atom stereocenters. The summed E-state index contributed by atoms with van der Waals surface area (Å²) in [5.41, 5.74) is 0.923. The molecule has 106 valence electrons. The lowest BCUT2D eigenvalue weighted by Crippen LogP contribution is -2.34. The molecule has 1 aliphatic carbocycles. The number of nitrogens with one attached hydrogen (secondary N) is 1. The zero-order valence-corrected chi connectivity index (χ0v) is 13.9. The van der Waals surface area contributed by atoms with Crippen LogP contribution in [0.25, 0.3) is 0 Å². The molecule has 6 heteroatoms. The van der Waals surface area contributed by atoms with Gasteiger partial charge in [0.15, 0.2) is 0 Å². The smallest absolute Gasteiger partial charge is 0.150 e. The molecule has 0 aromatic heterocycles. The third-order valence-corrected chi connectivity index (χ3v) is 6.58. The molecule has 1 N–H and O–H groups in total. The van der Waals surface area contributed by atoms with E-state index in [2.05, 4.69) is 21.2 Å². The average molecular weight is 367 g/mol. The van der Waals surface area contributed by atoms with Crippen LogP contribution in [0.1, 0.15) is 25.7 Å². The van der Waals surface area contributed by atoms with Crippen molar-refractivity contribution in [1.29, 1.82) is 0 Å². The van der Waals surface area contributed by atoms with Crippen molar-refractivity contribution in [2.24, 2.45) is 0 Å². The van der Waals surface area contributed by atoms with E-state index in [9.17, 15) is 8.42 Å². The zero-order valence-electron chi connectivity index (χ0n) is 10.7. The van der Waals surface area contributed by atoms with Crippen molar-refractivity contribution in [2.45, 2.75) is 37.0 Å². The summed E-state index contributed by atoms with van der Waals surface area (Å²) < 4.78 is 24.1. The number of sulfone groups is 1. The summed E-state index contributed by atoms with van der Waals surface area (Å²) in [6.07, 6.45) is 4.69. The van der Waals surface area contributed by atoms with Crippen molar-refractivity contribution >= 4 is 43.1 Å². The van der Waals surface area contributed by atoms with Gasteiger partial charge in [-0.25, -0.2) is 8.42 Å². The minimum atomic E-state index is -2.95. The van der Waals surface area contributed by atoms with E-state index in [1.165, 1.54) is 6.26 Å². The van der Waals surface area contributed by atoms with Crippen molar-refractivity contribution in [3.8, 4) is 0 Å². The Hall–Kier alpha value is -0.260. The molecular formula is C13H17BrClNO2S. The van der Waals surface area contributed by atoms with Crippen LogP contribution in [-0.4, -0.2) is 26.0 Å². The van der Waals surface area contributed by atoms with Gasteiger partial charge in [0.25, 0.3) is 0 Å². The Morgan fingerprint density at radius 3 is 2.79 bits per heavy atom. The van der Waals surface area contributed by atoms with Gasteiger partial charge in [0.2, 0.25) is 0 Å². The topological polar surface area (TPSA) is 46.2 Å². The zero-order chi connectivity index (χ0) is 14.0. The van der Waals surface area contributed by atoms with Crippen LogP contribution in [0.3, 0.4) is 0 Å². The van der Waals surface area contributed by atoms with Crippen molar-refractivity contribution in [3.63, 3.8) is 0 Å². The maximum Gasteiger partial charge on any atom is 0.150 e. The van der Waals surface area contributed by atoms with Crippen molar-refractivity contribution in [2.75, 3.05) is 11.6 Å². The van der Waals surface area contributed by atoms with E-state index < -0.39 is 9.84 Å². The van der Waals surface area contributed by atoms with Crippen molar-refractivity contribution < 1.29 is 8.42 Å². The molecular weight excluding hydrogens is 350 g/mol. The molecule has 0 bridgehead atoms. The lowest BCUT2D eigenvalue weighted by molar-refractivity contribution is 0.453. The molecule has 0 spiro atoms. The largest absolute Gasteiger partial charge is 0.381 e. The first-order valence-electron chi connectivity index (χ1n) is 6.27. The van der Waals surface area contributed by atoms with E-state index in [-0.39, 0.29) is 11.3 Å². The van der Waals surface area contributed by atoms with E-state index >= 15 is 0 Å². The quantitative estimate of drug-likeness (QED) is 0.883. The Morgan fingerprint density at radius 1 is 1.37 bits per heavy atom. The maximum atomic E-state index is 11.6. The summed E-state index contributed by atoms with van der Waals surface area (Å²) >= 11 is 9.50. The molecule has 0 radical (unpaired) electrons. The highest BCUT2D eigenvalue weighted by molar-refractivity contribution is 9.10. The third kappa shape index (κ3) is 3.86. The van der Waals surface area contributed by atoms with Crippen LogP contribution in [0.2, 0.25) is 5.02 Å². The summed E-state index contributed by atoms with van der Waals surface area (Å²) in [4.78, 5) is 0. The van der Waals surface area contributed by atoms with Gasteiger partial charge in [-0.1, -0.05) is 24.1 Å². The molecule has 1 aromatic rings. The fourth-order valence-electron chi connectivity index (χ4n) is 2.50. The first kappa shape index (κ1) is 15.1. The van der Waals surface area contributed by atoms with Gasteiger partial charge in [0.1, 0.15) is 9.84 Å². The Bertz CT molecular complexity index is 562. The first-order chi connectivity index (χ1) is 8.88. The van der Waals surface area contributed by atoms with E-state index in [1.807, 2.05) is 18.2 Å². The molecule has 19 heavy (non-hydrogen) atoms. The lowest BCUT2D eigenvalue weighted by atomic mass is 9.95. The Kier molecular flexibility index (Phi) is 4.79. The average Bonchev–Trinajstić information content (AvgIpc) is 2.34. The van der Waals surface area contributed by atoms with Gasteiger partial charge in [-0.3, -0.25) is 0 Å². The van der Waals surface area contributed by atoms with Crippen LogP contribution in [0, 0.1) is 0 Å². The van der Waals surface area contributed by atoms with Gasteiger partial charge in [0, 0.05) is 12.3 Å².